The largest absolute Gasteiger partial charge is 0.394 e. The van der Waals surface area contributed by atoms with Crippen molar-refractivity contribution >= 4 is 11.6 Å². The summed E-state index contributed by atoms with van der Waals surface area (Å²) in [4.78, 5) is 8.18. The second kappa shape index (κ2) is 4.87. The molecule has 0 aliphatic heterocycles. The molecule has 0 spiro atoms. The summed E-state index contributed by atoms with van der Waals surface area (Å²) in [5.74, 6) is 1.58. The van der Waals surface area contributed by atoms with Crippen LogP contribution in [0.25, 0.3) is 0 Å². The first-order valence-electron chi connectivity index (χ1n) is 6.11. The van der Waals surface area contributed by atoms with E-state index in [1.54, 1.807) is 12.4 Å². The number of hydrogen-bond acceptors (Lipinski definition) is 5. The number of aromatic nitrogens is 2. The summed E-state index contributed by atoms with van der Waals surface area (Å²) >= 11 is 0. The molecule has 1 saturated carbocycles. The van der Waals surface area contributed by atoms with Gasteiger partial charge in [-0.25, -0.2) is 9.97 Å². The maximum Gasteiger partial charge on any atom is 0.169 e. The van der Waals surface area contributed by atoms with Crippen LogP contribution in [0, 0.1) is 5.92 Å². The highest BCUT2D eigenvalue weighted by atomic mass is 16.3. The second-order valence-electron chi connectivity index (χ2n) is 5.06. The van der Waals surface area contributed by atoms with Crippen LogP contribution in [0.4, 0.5) is 11.6 Å². The molecule has 2 unspecified atom stereocenters. The lowest BCUT2D eigenvalue weighted by Crippen LogP contribution is -2.46. The molecule has 0 bridgehead atoms. The van der Waals surface area contributed by atoms with Gasteiger partial charge in [-0.3, -0.25) is 0 Å². The van der Waals surface area contributed by atoms with Crippen LogP contribution in [-0.4, -0.2) is 27.2 Å². The molecule has 1 aliphatic carbocycles. The van der Waals surface area contributed by atoms with Crippen molar-refractivity contribution in [1.82, 2.24) is 9.97 Å². The van der Waals surface area contributed by atoms with E-state index in [2.05, 4.69) is 22.2 Å². The molecule has 2 atom stereocenters. The molecule has 94 valence electrons. The zero-order chi connectivity index (χ0) is 12.3. The normalized spacial score (nSPS) is 28.9. The molecule has 1 fully saturated rings. The molecule has 1 aromatic rings. The molecule has 1 aliphatic rings. The van der Waals surface area contributed by atoms with Gasteiger partial charge in [0.15, 0.2) is 11.6 Å². The summed E-state index contributed by atoms with van der Waals surface area (Å²) in [6.07, 6.45) is 7.41. The third-order valence-electron chi connectivity index (χ3n) is 3.50. The third kappa shape index (κ3) is 2.66. The van der Waals surface area contributed by atoms with Crippen LogP contribution in [-0.2, 0) is 0 Å². The smallest absolute Gasteiger partial charge is 0.169 e. The van der Waals surface area contributed by atoms with E-state index in [-0.39, 0.29) is 12.1 Å². The average molecular weight is 236 g/mol. The summed E-state index contributed by atoms with van der Waals surface area (Å²) < 4.78 is 0. The van der Waals surface area contributed by atoms with Gasteiger partial charge in [0.1, 0.15) is 0 Å². The lowest BCUT2D eigenvalue weighted by Gasteiger charge is -2.39. The number of rotatable bonds is 3. The van der Waals surface area contributed by atoms with Crippen molar-refractivity contribution in [3.8, 4) is 0 Å². The van der Waals surface area contributed by atoms with Crippen LogP contribution in [0.15, 0.2) is 12.4 Å². The molecule has 0 amide bonds. The zero-order valence-electron chi connectivity index (χ0n) is 10.2. The van der Waals surface area contributed by atoms with Gasteiger partial charge in [-0.05, 0) is 18.8 Å². The number of nitrogens with zero attached hydrogens (tertiary/aromatic N) is 2. The maximum atomic E-state index is 9.66. The van der Waals surface area contributed by atoms with Crippen LogP contribution in [0.3, 0.4) is 0 Å². The fraction of sp³-hybridized carbons (Fsp3) is 0.667. The zero-order valence-corrected chi connectivity index (χ0v) is 10.2. The van der Waals surface area contributed by atoms with Crippen molar-refractivity contribution in [1.29, 1.82) is 0 Å². The van der Waals surface area contributed by atoms with Gasteiger partial charge >= 0.3 is 0 Å². The van der Waals surface area contributed by atoms with Crippen molar-refractivity contribution in [2.24, 2.45) is 5.92 Å². The Morgan fingerprint density at radius 1 is 1.53 bits per heavy atom. The molecule has 2 rings (SSSR count). The minimum atomic E-state index is -0.290. The molecular formula is C12H20N4O. The average Bonchev–Trinajstić information content (AvgIpc) is 2.32. The topological polar surface area (TPSA) is 84.1 Å². The predicted octanol–water partition coefficient (Wildman–Crippen LogP) is 1.41. The molecule has 17 heavy (non-hydrogen) atoms. The molecule has 0 aromatic carbocycles. The summed E-state index contributed by atoms with van der Waals surface area (Å²) in [7, 11) is 0. The van der Waals surface area contributed by atoms with Gasteiger partial charge in [0, 0.05) is 12.4 Å². The summed E-state index contributed by atoms with van der Waals surface area (Å²) in [6, 6.07) is 0. The van der Waals surface area contributed by atoms with E-state index in [4.69, 9.17) is 5.73 Å². The molecule has 0 radical (unpaired) electrons. The lowest BCUT2D eigenvalue weighted by atomic mass is 9.77. The van der Waals surface area contributed by atoms with Crippen LogP contribution in [0.1, 0.15) is 32.6 Å². The number of hydrogen-bond donors (Lipinski definition) is 3. The quantitative estimate of drug-likeness (QED) is 0.739. The minimum Gasteiger partial charge on any atom is -0.394 e. The number of aliphatic hydroxyl groups excluding tert-OH is 1. The first kappa shape index (κ1) is 12.1. The second-order valence-corrected chi connectivity index (χ2v) is 5.06. The number of aliphatic hydroxyl groups is 1. The SMILES string of the molecule is CC1CCCC(CO)(Nc2nccnc2N)C1. The summed E-state index contributed by atoms with van der Waals surface area (Å²) in [6.45, 7) is 2.32. The fourth-order valence-electron chi connectivity index (χ4n) is 2.65. The van der Waals surface area contributed by atoms with Crippen molar-refractivity contribution in [3.05, 3.63) is 12.4 Å². The Hall–Kier alpha value is -1.36. The Morgan fingerprint density at radius 3 is 2.94 bits per heavy atom. The van der Waals surface area contributed by atoms with Crippen molar-refractivity contribution in [3.63, 3.8) is 0 Å². The molecule has 0 saturated heterocycles. The molecule has 5 nitrogen and oxygen atoms in total. The minimum absolute atomic E-state index is 0.105. The highest BCUT2D eigenvalue weighted by molar-refractivity contribution is 5.56. The van der Waals surface area contributed by atoms with Crippen molar-refractivity contribution in [2.45, 2.75) is 38.1 Å². The monoisotopic (exact) mass is 236 g/mol. The Balaban J connectivity index is 2.17. The van der Waals surface area contributed by atoms with E-state index in [1.165, 1.54) is 6.42 Å². The molecule has 1 heterocycles. The number of anilines is 2. The first-order chi connectivity index (χ1) is 8.15. The Bertz CT molecular complexity index is 385. The van der Waals surface area contributed by atoms with E-state index in [0.717, 1.165) is 19.3 Å². The number of nitrogen functional groups attached to an aromatic ring is 1. The van der Waals surface area contributed by atoms with Gasteiger partial charge in [0.2, 0.25) is 0 Å². The summed E-state index contributed by atoms with van der Waals surface area (Å²) in [5, 5.41) is 13.0. The van der Waals surface area contributed by atoms with Crippen LogP contribution >= 0.6 is 0 Å². The lowest BCUT2D eigenvalue weighted by molar-refractivity contribution is 0.149. The van der Waals surface area contributed by atoms with E-state index in [0.29, 0.717) is 17.6 Å². The van der Waals surface area contributed by atoms with Gasteiger partial charge in [-0.1, -0.05) is 19.8 Å². The molecule has 1 aromatic heterocycles. The van der Waals surface area contributed by atoms with Crippen molar-refractivity contribution in [2.75, 3.05) is 17.7 Å². The first-order valence-corrected chi connectivity index (χ1v) is 6.11. The van der Waals surface area contributed by atoms with Crippen molar-refractivity contribution < 1.29 is 5.11 Å². The van der Waals surface area contributed by atoms with E-state index >= 15 is 0 Å². The van der Waals surface area contributed by atoms with Gasteiger partial charge in [0.05, 0.1) is 12.1 Å². The van der Waals surface area contributed by atoms with Gasteiger partial charge in [0.25, 0.3) is 0 Å². The molecular weight excluding hydrogens is 216 g/mol. The molecule has 5 heteroatoms. The van der Waals surface area contributed by atoms with Gasteiger partial charge < -0.3 is 16.2 Å². The van der Waals surface area contributed by atoms with Gasteiger partial charge in [-0.2, -0.15) is 0 Å². The number of nitrogens with two attached hydrogens (primary N) is 1. The highest BCUT2D eigenvalue weighted by Gasteiger charge is 2.35. The standard InChI is InChI=1S/C12H20N4O/c1-9-3-2-4-12(7-9,8-17)16-11-10(13)14-5-6-15-11/h5-6,9,17H,2-4,7-8H2,1H3,(H2,13,14)(H,15,16). The third-order valence-corrected chi connectivity index (χ3v) is 3.50. The Kier molecular flexibility index (Phi) is 3.47. The Morgan fingerprint density at radius 2 is 2.29 bits per heavy atom. The van der Waals surface area contributed by atoms with E-state index < -0.39 is 0 Å². The number of nitrogens with one attached hydrogen (secondary N) is 1. The predicted molar refractivity (Wildman–Crippen MR) is 67.5 cm³/mol. The van der Waals surface area contributed by atoms with E-state index in [9.17, 15) is 5.11 Å². The van der Waals surface area contributed by atoms with Crippen LogP contribution < -0.4 is 11.1 Å². The van der Waals surface area contributed by atoms with Crippen LogP contribution in [0.2, 0.25) is 0 Å². The Labute approximate surface area is 101 Å². The maximum absolute atomic E-state index is 9.66. The summed E-state index contributed by atoms with van der Waals surface area (Å²) in [5.41, 5.74) is 5.48. The highest BCUT2D eigenvalue weighted by Crippen LogP contribution is 2.34. The van der Waals surface area contributed by atoms with E-state index in [1.807, 2.05) is 0 Å². The van der Waals surface area contributed by atoms with Crippen LogP contribution in [0.5, 0.6) is 0 Å². The fourth-order valence-corrected chi connectivity index (χ4v) is 2.65. The van der Waals surface area contributed by atoms with Gasteiger partial charge in [-0.15, -0.1) is 0 Å². The molecule has 4 N–H and O–H groups in total.